The molecule has 5 nitrogen and oxygen atoms in total. The smallest absolute Gasteiger partial charge is 0.306 e. The molecule has 0 unspecified atom stereocenters. The molecule has 0 radical (unpaired) electrons. The van der Waals surface area contributed by atoms with Crippen molar-refractivity contribution in [3.05, 3.63) is 41.5 Å². The number of carboxylic acid groups (broad SMARTS) is 1. The van der Waals surface area contributed by atoms with Gasteiger partial charge in [0.25, 0.3) is 5.91 Å². The third kappa shape index (κ3) is 3.59. The fraction of sp³-hybridized carbons (Fsp3) is 0.353. The maximum atomic E-state index is 12.5. The summed E-state index contributed by atoms with van der Waals surface area (Å²) in [5.41, 5.74) is 3.11. The van der Waals surface area contributed by atoms with Gasteiger partial charge in [0.1, 0.15) is 5.69 Å². The van der Waals surface area contributed by atoms with Crippen LogP contribution in [0.15, 0.2) is 35.8 Å². The van der Waals surface area contributed by atoms with Crippen LogP contribution in [0.25, 0.3) is 10.4 Å². The lowest BCUT2D eigenvalue weighted by atomic mass is 9.86. The van der Waals surface area contributed by atoms with E-state index in [2.05, 4.69) is 10.3 Å². The van der Waals surface area contributed by atoms with Crippen LogP contribution < -0.4 is 5.32 Å². The number of carbonyl (C=O) groups is 2. The first-order valence-electron chi connectivity index (χ1n) is 7.67. The normalized spacial score (nSPS) is 20.9. The molecule has 0 bridgehead atoms. The fourth-order valence-electron chi connectivity index (χ4n) is 2.94. The van der Waals surface area contributed by atoms with Gasteiger partial charge in [-0.05, 0) is 31.2 Å². The van der Waals surface area contributed by atoms with E-state index in [0.717, 1.165) is 10.4 Å². The molecule has 0 aliphatic heterocycles. The molecule has 1 amide bonds. The highest BCUT2D eigenvalue weighted by atomic mass is 32.1. The van der Waals surface area contributed by atoms with Gasteiger partial charge in [-0.2, -0.15) is 0 Å². The number of carbonyl (C=O) groups excluding carboxylic acids is 1. The minimum atomic E-state index is -0.736. The van der Waals surface area contributed by atoms with Crippen LogP contribution in [-0.2, 0) is 4.79 Å². The molecule has 3 rings (SSSR count). The number of hydrogen-bond acceptors (Lipinski definition) is 4. The number of carboxylic acids is 1. The topological polar surface area (TPSA) is 79.3 Å². The molecule has 0 spiro atoms. The maximum absolute atomic E-state index is 12.5. The number of amides is 1. The summed E-state index contributed by atoms with van der Waals surface area (Å²) in [6, 6.07) is 9.76. The molecule has 1 saturated carbocycles. The highest BCUT2D eigenvalue weighted by molar-refractivity contribution is 7.13. The van der Waals surface area contributed by atoms with E-state index in [-0.39, 0.29) is 17.9 Å². The molecule has 1 aliphatic rings. The van der Waals surface area contributed by atoms with Crippen LogP contribution in [0.4, 0.5) is 0 Å². The van der Waals surface area contributed by atoms with E-state index in [4.69, 9.17) is 5.11 Å². The Bertz CT molecular complexity index is 691. The number of hydrogen-bond donors (Lipinski definition) is 2. The van der Waals surface area contributed by atoms with Gasteiger partial charge in [0.05, 0.1) is 16.3 Å². The van der Waals surface area contributed by atoms with Crippen LogP contribution in [0.3, 0.4) is 0 Å². The molecule has 1 fully saturated rings. The summed E-state index contributed by atoms with van der Waals surface area (Å²) >= 11 is 1.45. The second kappa shape index (κ2) is 6.91. The Morgan fingerprint density at radius 1 is 1.13 bits per heavy atom. The maximum Gasteiger partial charge on any atom is 0.306 e. The van der Waals surface area contributed by atoms with Crippen LogP contribution in [0.2, 0.25) is 0 Å². The number of nitrogens with one attached hydrogen (secondary N) is 1. The Morgan fingerprint density at radius 2 is 1.83 bits per heavy atom. The summed E-state index contributed by atoms with van der Waals surface area (Å²) in [4.78, 5) is 28.6. The SMILES string of the molecule is O=C(NC1CCC(C(=O)O)CC1)c1ncsc1-c1ccccc1. The van der Waals surface area contributed by atoms with E-state index in [1.165, 1.54) is 11.3 Å². The molecule has 120 valence electrons. The number of rotatable bonds is 4. The van der Waals surface area contributed by atoms with Crippen molar-refractivity contribution in [3.63, 3.8) is 0 Å². The highest BCUT2D eigenvalue weighted by Gasteiger charge is 2.27. The van der Waals surface area contributed by atoms with Gasteiger partial charge >= 0.3 is 5.97 Å². The summed E-state index contributed by atoms with van der Waals surface area (Å²) in [5, 5.41) is 12.0. The van der Waals surface area contributed by atoms with Crippen LogP contribution in [0.5, 0.6) is 0 Å². The molecule has 6 heteroatoms. The zero-order valence-electron chi connectivity index (χ0n) is 12.6. The number of benzene rings is 1. The van der Waals surface area contributed by atoms with E-state index >= 15 is 0 Å². The zero-order valence-corrected chi connectivity index (χ0v) is 13.4. The summed E-state index contributed by atoms with van der Waals surface area (Å²) in [6.45, 7) is 0. The first kappa shape index (κ1) is 15.7. The number of aliphatic carboxylic acids is 1. The van der Waals surface area contributed by atoms with E-state index in [9.17, 15) is 9.59 Å². The third-order valence-electron chi connectivity index (χ3n) is 4.23. The quantitative estimate of drug-likeness (QED) is 0.902. The van der Waals surface area contributed by atoms with Crippen LogP contribution in [0.1, 0.15) is 36.2 Å². The Morgan fingerprint density at radius 3 is 2.48 bits per heavy atom. The second-order valence-electron chi connectivity index (χ2n) is 5.76. The standard InChI is InChI=1S/C17H18N2O3S/c20-16(19-13-8-6-12(7-9-13)17(21)22)14-15(23-10-18-14)11-4-2-1-3-5-11/h1-5,10,12-13H,6-9H2,(H,19,20)(H,21,22). The Hall–Kier alpha value is -2.21. The van der Waals surface area contributed by atoms with Crippen LogP contribution in [-0.4, -0.2) is 28.0 Å². The van der Waals surface area contributed by atoms with Crippen molar-refractivity contribution in [2.45, 2.75) is 31.7 Å². The lowest BCUT2D eigenvalue weighted by molar-refractivity contribution is -0.142. The number of thiazole rings is 1. The van der Waals surface area contributed by atoms with E-state index < -0.39 is 5.97 Å². The number of aromatic nitrogens is 1. The van der Waals surface area contributed by atoms with Crippen molar-refractivity contribution in [1.29, 1.82) is 0 Å². The van der Waals surface area contributed by atoms with E-state index in [0.29, 0.717) is 31.4 Å². The van der Waals surface area contributed by atoms with Crippen LogP contribution >= 0.6 is 11.3 Å². The van der Waals surface area contributed by atoms with Gasteiger partial charge < -0.3 is 10.4 Å². The lowest BCUT2D eigenvalue weighted by Gasteiger charge is -2.26. The molecule has 0 saturated heterocycles. The third-order valence-corrected chi connectivity index (χ3v) is 5.11. The molecular weight excluding hydrogens is 312 g/mol. The van der Waals surface area contributed by atoms with Crippen molar-refractivity contribution in [3.8, 4) is 10.4 Å². The Kier molecular flexibility index (Phi) is 4.71. The van der Waals surface area contributed by atoms with Crippen molar-refractivity contribution in [2.75, 3.05) is 0 Å². The summed E-state index contributed by atoms with van der Waals surface area (Å²) in [6.07, 6.45) is 2.63. The predicted octanol–water partition coefficient (Wildman–Crippen LogP) is 3.18. The molecule has 1 aliphatic carbocycles. The average molecular weight is 330 g/mol. The van der Waals surface area contributed by atoms with E-state index in [1.807, 2.05) is 30.3 Å². The predicted molar refractivity (Wildman–Crippen MR) is 88.4 cm³/mol. The largest absolute Gasteiger partial charge is 0.481 e. The van der Waals surface area contributed by atoms with Gasteiger partial charge in [-0.15, -0.1) is 11.3 Å². The zero-order chi connectivity index (χ0) is 16.2. The first-order chi connectivity index (χ1) is 11.1. The second-order valence-corrected chi connectivity index (χ2v) is 6.61. The monoisotopic (exact) mass is 330 g/mol. The van der Waals surface area contributed by atoms with Gasteiger partial charge in [0, 0.05) is 6.04 Å². The Labute approximate surface area is 138 Å². The van der Waals surface area contributed by atoms with Crippen molar-refractivity contribution < 1.29 is 14.7 Å². The fourth-order valence-corrected chi connectivity index (χ4v) is 3.73. The highest BCUT2D eigenvalue weighted by Crippen LogP contribution is 2.28. The molecule has 1 aromatic heterocycles. The van der Waals surface area contributed by atoms with Crippen molar-refractivity contribution in [1.82, 2.24) is 10.3 Å². The lowest BCUT2D eigenvalue weighted by Crippen LogP contribution is -2.39. The minimum absolute atomic E-state index is 0.0309. The van der Waals surface area contributed by atoms with Gasteiger partial charge in [-0.1, -0.05) is 30.3 Å². The summed E-state index contributed by atoms with van der Waals surface area (Å²) in [5.74, 6) is -1.19. The van der Waals surface area contributed by atoms with Gasteiger partial charge in [0.15, 0.2) is 0 Å². The molecule has 1 heterocycles. The average Bonchev–Trinajstić information content (AvgIpc) is 3.06. The number of nitrogens with zero attached hydrogens (tertiary/aromatic N) is 1. The Balaban J connectivity index is 1.66. The van der Waals surface area contributed by atoms with Crippen molar-refractivity contribution >= 4 is 23.2 Å². The van der Waals surface area contributed by atoms with Gasteiger partial charge in [-0.3, -0.25) is 9.59 Å². The molecular formula is C17H18N2O3S. The molecule has 2 N–H and O–H groups in total. The molecule has 0 atom stereocenters. The molecule has 2 aromatic rings. The van der Waals surface area contributed by atoms with E-state index in [1.54, 1.807) is 5.51 Å². The van der Waals surface area contributed by atoms with Gasteiger partial charge in [0.2, 0.25) is 0 Å². The molecule has 23 heavy (non-hydrogen) atoms. The summed E-state index contributed by atoms with van der Waals surface area (Å²) in [7, 11) is 0. The van der Waals surface area contributed by atoms with Crippen molar-refractivity contribution in [2.24, 2.45) is 5.92 Å². The first-order valence-corrected chi connectivity index (χ1v) is 8.55. The van der Waals surface area contributed by atoms with Crippen LogP contribution in [0, 0.1) is 5.92 Å². The van der Waals surface area contributed by atoms with Gasteiger partial charge in [-0.25, -0.2) is 4.98 Å². The molecule has 1 aromatic carbocycles. The summed E-state index contributed by atoms with van der Waals surface area (Å²) < 4.78 is 0. The minimum Gasteiger partial charge on any atom is -0.481 e.